The third-order valence-electron chi connectivity index (χ3n) is 3.42. The predicted molar refractivity (Wildman–Crippen MR) is 104 cm³/mol. The summed E-state index contributed by atoms with van der Waals surface area (Å²) in [6.45, 7) is 23.9. The summed E-state index contributed by atoms with van der Waals surface area (Å²) >= 11 is 1.88. The zero-order valence-electron chi connectivity index (χ0n) is 17.4. The van der Waals surface area contributed by atoms with Crippen molar-refractivity contribution < 1.29 is 9.53 Å². The van der Waals surface area contributed by atoms with Gasteiger partial charge in [-0.2, -0.15) is 11.8 Å². The quantitative estimate of drug-likeness (QED) is 0.505. The van der Waals surface area contributed by atoms with E-state index < -0.39 is 5.60 Å². The highest BCUT2D eigenvalue weighted by Crippen LogP contribution is 2.38. The van der Waals surface area contributed by atoms with Crippen LogP contribution in [-0.4, -0.2) is 22.1 Å². The van der Waals surface area contributed by atoms with Crippen molar-refractivity contribution >= 4 is 17.7 Å². The fraction of sp³-hybridized carbons (Fsp3) is 0.950. The summed E-state index contributed by atoms with van der Waals surface area (Å²) in [6.07, 6.45) is 1.99. The van der Waals surface area contributed by atoms with Gasteiger partial charge >= 0.3 is 5.97 Å². The minimum absolute atomic E-state index is 0.0708. The molecule has 0 aliphatic heterocycles. The lowest BCUT2D eigenvalue weighted by molar-refractivity contribution is -0.162. The Labute approximate surface area is 149 Å². The van der Waals surface area contributed by atoms with Crippen molar-refractivity contribution in [3.8, 4) is 0 Å². The molecule has 0 fully saturated rings. The summed E-state index contributed by atoms with van der Waals surface area (Å²) in [5.74, 6) is 0.671. The molecule has 0 spiro atoms. The number of hydrogen-bond donors (Lipinski definition) is 0. The third-order valence-corrected chi connectivity index (χ3v) is 5.01. The molecule has 0 amide bonds. The van der Waals surface area contributed by atoms with E-state index in [1.54, 1.807) is 0 Å². The molecule has 3 heteroatoms. The van der Waals surface area contributed by atoms with Gasteiger partial charge in [-0.1, -0.05) is 62.3 Å². The highest BCUT2D eigenvalue weighted by Gasteiger charge is 2.32. The SMILES string of the molecule is CC(CSC(C)(C)CC(C)(C)C)C(=O)OC(C)(C)CC(C)(C)C. The second-order valence-corrected chi connectivity index (χ2v) is 12.4. The second-order valence-electron chi connectivity index (χ2n) is 10.6. The molecule has 0 rings (SSSR count). The van der Waals surface area contributed by atoms with E-state index in [9.17, 15) is 4.79 Å². The van der Waals surface area contributed by atoms with Gasteiger partial charge in [0.2, 0.25) is 0 Å². The summed E-state index contributed by atoms with van der Waals surface area (Å²) in [6, 6.07) is 0. The van der Waals surface area contributed by atoms with E-state index >= 15 is 0 Å². The Kier molecular flexibility index (Phi) is 7.74. The van der Waals surface area contributed by atoms with Gasteiger partial charge in [-0.15, -0.1) is 0 Å². The number of esters is 1. The molecule has 0 aromatic rings. The highest BCUT2D eigenvalue weighted by atomic mass is 32.2. The van der Waals surface area contributed by atoms with E-state index in [-0.39, 0.29) is 22.0 Å². The molecule has 0 saturated carbocycles. The molecular weight excluding hydrogens is 304 g/mol. The minimum Gasteiger partial charge on any atom is -0.459 e. The van der Waals surface area contributed by atoms with E-state index in [1.807, 2.05) is 32.5 Å². The van der Waals surface area contributed by atoms with Crippen LogP contribution in [0, 0.1) is 16.7 Å². The molecule has 0 aliphatic rings. The maximum Gasteiger partial charge on any atom is 0.310 e. The number of carbonyl (C=O) groups excluding carboxylic acids is 1. The monoisotopic (exact) mass is 344 g/mol. The van der Waals surface area contributed by atoms with Crippen LogP contribution in [0.5, 0.6) is 0 Å². The second kappa shape index (κ2) is 7.80. The van der Waals surface area contributed by atoms with Gasteiger partial charge in [0.15, 0.2) is 0 Å². The third kappa shape index (κ3) is 11.9. The fourth-order valence-electron chi connectivity index (χ4n) is 3.43. The van der Waals surface area contributed by atoms with Crippen LogP contribution in [0.15, 0.2) is 0 Å². The average molecular weight is 345 g/mol. The fourth-order valence-corrected chi connectivity index (χ4v) is 4.81. The molecule has 0 saturated heterocycles. The summed E-state index contributed by atoms with van der Waals surface area (Å²) < 4.78 is 5.96. The molecule has 138 valence electrons. The predicted octanol–water partition coefficient (Wildman–Crippen LogP) is 6.33. The van der Waals surface area contributed by atoms with Gasteiger partial charge in [0.1, 0.15) is 5.60 Å². The zero-order valence-corrected chi connectivity index (χ0v) is 18.2. The maximum atomic E-state index is 12.4. The molecule has 0 aromatic carbocycles. The Morgan fingerprint density at radius 1 is 0.870 bits per heavy atom. The van der Waals surface area contributed by atoms with Crippen LogP contribution < -0.4 is 0 Å². The Hall–Kier alpha value is -0.180. The van der Waals surface area contributed by atoms with Gasteiger partial charge in [0, 0.05) is 10.5 Å². The largest absolute Gasteiger partial charge is 0.459 e. The molecule has 0 aromatic heterocycles. The van der Waals surface area contributed by atoms with Gasteiger partial charge in [0.25, 0.3) is 0 Å². The number of hydrogen-bond acceptors (Lipinski definition) is 3. The van der Waals surface area contributed by atoms with Crippen LogP contribution in [0.1, 0.15) is 89.0 Å². The Balaban J connectivity index is 4.52. The van der Waals surface area contributed by atoms with Crippen LogP contribution in [-0.2, 0) is 9.53 Å². The highest BCUT2D eigenvalue weighted by molar-refractivity contribution is 8.00. The number of carbonyl (C=O) groups is 1. The van der Waals surface area contributed by atoms with Gasteiger partial charge in [-0.3, -0.25) is 4.79 Å². The molecule has 0 N–H and O–H groups in total. The van der Waals surface area contributed by atoms with E-state index in [0.717, 1.165) is 18.6 Å². The van der Waals surface area contributed by atoms with Crippen LogP contribution in [0.25, 0.3) is 0 Å². The normalized spacial score (nSPS) is 15.4. The lowest BCUT2D eigenvalue weighted by atomic mass is 9.83. The van der Waals surface area contributed by atoms with Crippen LogP contribution in [0.3, 0.4) is 0 Å². The first-order valence-electron chi connectivity index (χ1n) is 8.79. The topological polar surface area (TPSA) is 26.3 Å². The summed E-state index contributed by atoms with van der Waals surface area (Å²) in [4.78, 5) is 12.4. The van der Waals surface area contributed by atoms with Gasteiger partial charge in [-0.25, -0.2) is 0 Å². The zero-order chi connectivity index (χ0) is 18.7. The Morgan fingerprint density at radius 3 is 1.70 bits per heavy atom. The molecule has 0 heterocycles. The van der Waals surface area contributed by atoms with Gasteiger partial charge in [-0.05, 0) is 37.5 Å². The van der Waals surface area contributed by atoms with Crippen molar-refractivity contribution in [1.82, 2.24) is 0 Å². The van der Waals surface area contributed by atoms with Crippen molar-refractivity contribution in [2.45, 2.75) is 99.4 Å². The summed E-state index contributed by atoms with van der Waals surface area (Å²) in [5.41, 5.74) is 0.0423. The van der Waals surface area contributed by atoms with Crippen molar-refractivity contribution in [3.63, 3.8) is 0 Å². The average Bonchev–Trinajstić information content (AvgIpc) is 2.17. The van der Waals surface area contributed by atoms with Crippen molar-refractivity contribution in [3.05, 3.63) is 0 Å². The minimum atomic E-state index is -0.408. The number of rotatable bonds is 7. The van der Waals surface area contributed by atoms with E-state index in [1.165, 1.54) is 0 Å². The van der Waals surface area contributed by atoms with E-state index in [0.29, 0.717) is 5.41 Å². The van der Waals surface area contributed by atoms with Crippen LogP contribution in [0.4, 0.5) is 0 Å². The number of ether oxygens (including phenoxy) is 1. The van der Waals surface area contributed by atoms with Crippen LogP contribution >= 0.6 is 11.8 Å². The molecule has 1 unspecified atom stereocenters. The lowest BCUT2D eigenvalue weighted by Gasteiger charge is -2.34. The first-order chi connectivity index (χ1) is 9.93. The molecule has 2 nitrogen and oxygen atoms in total. The molecular formula is C20H40O2S. The first kappa shape index (κ1) is 22.8. The molecule has 23 heavy (non-hydrogen) atoms. The molecule has 0 radical (unpaired) electrons. The lowest BCUT2D eigenvalue weighted by Crippen LogP contribution is -2.35. The summed E-state index contributed by atoms with van der Waals surface area (Å²) in [7, 11) is 0. The summed E-state index contributed by atoms with van der Waals surface area (Å²) in [5, 5.41) is 0. The van der Waals surface area contributed by atoms with Crippen molar-refractivity contribution in [2.24, 2.45) is 16.7 Å². The smallest absolute Gasteiger partial charge is 0.310 e. The van der Waals surface area contributed by atoms with Gasteiger partial charge in [0.05, 0.1) is 5.92 Å². The van der Waals surface area contributed by atoms with Gasteiger partial charge < -0.3 is 4.74 Å². The Morgan fingerprint density at radius 2 is 1.30 bits per heavy atom. The maximum absolute atomic E-state index is 12.4. The molecule has 0 bridgehead atoms. The molecule has 0 aliphatic carbocycles. The van der Waals surface area contributed by atoms with E-state index in [4.69, 9.17) is 4.74 Å². The standard InChI is InChI=1S/C20H40O2S/c1-15(12-23-20(10,11)14-18(5,6)7)16(21)22-19(8,9)13-17(2,3)4/h15H,12-14H2,1-11H3. The number of thioether (sulfide) groups is 1. The molecule has 1 atom stereocenters. The Bertz CT molecular complexity index is 383. The van der Waals surface area contributed by atoms with E-state index in [2.05, 4.69) is 55.4 Å². The van der Waals surface area contributed by atoms with Crippen molar-refractivity contribution in [2.75, 3.05) is 5.75 Å². The first-order valence-corrected chi connectivity index (χ1v) is 9.78. The van der Waals surface area contributed by atoms with Crippen molar-refractivity contribution in [1.29, 1.82) is 0 Å². The van der Waals surface area contributed by atoms with Crippen LogP contribution in [0.2, 0.25) is 0 Å².